The second-order valence-electron chi connectivity index (χ2n) is 7.08. The maximum Gasteiger partial charge on any atom is 0.247 e. The van der Waals surface area contributed by atoms with Gasteiger partial charge in [0.15, 0.2) is 0 Å². The van der Waals surface area contributed by atoms with Crippen LogP contribution < -0.4 is 5.32 Å². The first-order valence-corrected chi connectivity index (χ1v) is 9.91. The Bertz CT molecular complexity index is 1040. The lowest BCUT2D eigenvalue weighted by Crippen LogP contribution is -2.07. The molecule has 3 aromatic rings. The maximum absolute atomic E-state index is 11.7. The molecule has 0 atom stereocenters. The van der Waals surface area contributed by atoms with Crippen LogP contribution in [0.25, 0.3) is 23.1 Å². The van der Waals surface area contributed by atoms with Gasteiger partial charge in [-0.05, 0) is 60.9 Å². The third-order valence-electron chi connectivity index (χ3n) is 5.16. The summed E-state index contributed by atoms with van der Waals surface area (Å²) < 4.78 is 2.16. The normalized spacial score (nSPS) is 14.8. The molecule has 1 aliphatic carbocycles. The van der Waals surface area contributed by atoms with Gasteiger partial charge < -0.3 is 5.32 Å². The zero-order valence-corrected chi connectivity index (χ0v) is 16.3. The van der Waals surface area contributed by atoms with Crippen LogP contribution in [0, 0.1) is 0 Å². The molecule has 0 unspecified atom stereocenters. The summed E-state index contributed by atoms with van der Waals surface area (Å²) in [5.41, 5.74) is 3.79. The van der Waals surface area contributed by atoms with E-state index in [4.69, 9.17) is 16.7 Å². The molecule has 5 heteroatoms. The number of carbonyl (C=O) groups excluding carboxylic acids is 1. The number of anilines is 1. The van der Waals surface area contributed by atoms with Crippen molar-refractivity contribution in [2.75, 3.05) is 5.32 Å². The van der Waals surface area contributed by atoms with Gasteiger partial charge in [-0.3, -0.25) is 9.48 Å². The summed E-state index contributed by atoms with van der Waals surface area (Å²) in [4.78, 5) is 11.7. The van der Waals surface area contributed by atoms with E-state index in [1.807, 2.05) is 54.6 Å². The topological polar surface area (TPSA) is 46.9 Å². The highest BCUT2D eigenvalue weighted by Crippen LogP contribution is 2.34. The van der Waals surface area contributed by atoms with Gasteiger partial charge in [-0.15, -0.1) is 0 Å². The summed E-state index contributed by atoms with van der Waals surface area (Å²) in [6, 6.07) is 14.1. The number of carbonyl (C=O) groups is 1. The Labute approximate surface area is 169 Å². The smallest absolute Gasteiger partial charge is 0.247 e. The number of amides is 1. The van der Waals surface area contributed by atoms with Crippen molar-refractivity contribution in [1.82, 2.24) is 9.78 Å². The molecule has 2 aromatic carbocycles. The van der Waals surface area contributed by atoms with E-state index in [1.165, 1.54) is 18.9 Å². The number of nitrogens with zero attached hydrogens (tertiary/aromatic N) is 2. The minimum Gasteiger partial charge on any atom is -0.323 e. The largest absolute Gasteiger partial charge is 0.323 e. The Morgan fingerprint density at radius 2 is 1.89 bits per heavy atom. The van der Waals surface area contributed by atoms with Crippen LogP contribution in [0.1, 0.15) is 43.0 Å². The van der Waals surface area contributed by atoms with E-state index >= 15 is 0 Å². The molecule has 0 radical (unpaired) electrons. The number of benzene rings is 2. The fourth-order valence-electron chi connectivity index (χ4n) is 3.74. The van der Waals surface area contributed by atoms with Gasteiger partial charge in [0.1, 0.15) is 0 Å². The van der Waals surface area contributed by atoms with Crippen LogP contribution in [-0.2, 0) is 4.79 Å². The number of nitrogens with one attached hydrogen (secondary N) is 1. The van der Waals surface area contributed by atoms with Gasteiger partial charge in [-0.1, -0.05) is 49.2 Å². The van der Waals surface area contributed by atoms with Crippen LogP contribution in [0.15, 0.2) is 55.1 Å². The Kier molecular flexibility index (Phi) is 5.31. The van der Waals surface area contributed by atoms with Crippen LogP contribution in [0.3, 0.4) is 0 Å². The lowest BCUT2D eigenvalue weighted by atomic mass is 10.1. The van der Waals surface area contributed by atoms with Gasteiger partial charge in [0, 0.05) is 16.1 Å². The van der Waals surface area contributed by atoms with Gasteiger partial charge in [-0.2, -0.15) is 5.10 Å². The average molecular weight is 392 g/mol. The van der Waals surface area contributed by atoms with Crippen molar-refractivity contribution >= 4 is 46.3 Å². The quantitative estimate of drug-likeness (QED) is 0.534. The molecule has 142 valence electrons. The van der Waals surface area contributed by atoms with E-state index in [9.17, 15) is 4.79 Å². The Morgan fingerprint density at radius 3 is 2.61 bits per heavy atom. The van der Waals surface area contributed by atoms with Gasteiger partial charge in [-0.25, -0.2) is 0 Å². The van der Waals surface area contributed by atoms with Crippen molar-refractivity contribution in [2.45, 2.75) is 31.7 Å². The minimum atomic E-state index is -0.221. The molecule has 28 heavy (non-hydrogen) atoms. The van der Waals surface area contributed by atoms with Crippen molar-refractivity contribution in [2.24, 2.45) is 0 Å². The Morgan fingerprint density at radius 1 is 1.14 bits per heavy atom. The maximum atomic E-state index is 11.7. The van der Waals surface area contributed by atoms with E-state index in [0.717, 1.165) is 45.7 Å². The molecule has 0 spiro atoms. The second kappa shape index (κ2) is 8.03. The standard InChI is InChI=1S/C23H22ClN3O/c1-2-23(28)25-18-12-14-22-20(15-18)21(26-27(22)19-5-3-4-6-19)13-9-16-7-10-17(24)11-8-16/h2,7-15,19H,1,3-6H2,(H,25,28). The van der Waals surface area contributed by atoms with Crippen LogP contribution >= 0.6 is 11.6 Å². The van der Waals surface area contributed by atoms with Crippen LogP contribution in [0.5, 0.6) is 0 Å². The van der Waals surface area contributed by atoms with Crippen molar-refractivity contribution < 1.29 is 4.79 Å². The first kappa shape index (κ1) is 18.5. The molecule has 4 nitrogen and oxygen atoms in total. The van der Waals surface area contributed by atoms with Crippen LogP contribution in [0.2, 0.25) is 5.02 Å². The van der Waals surface area contributed by atoms with E-state index < -0.39 is 0 Å². The molecular formula is C23H22ClN3O. The fourth-order valence-corrected chi connectivity index (χ4v) is 3.86. The first-order valence-electron chi connectivity index (χ1n) is 9.53. The highest BCUT2D eigenvalue weighted by molar-refractivity contribution is 6.30. The van der Waals surface area contributed by atoms with Crippen LogP contribution in [0.4, 0.5) is 5.69 Å². The summed E-state index contributed by atoms with van der Waals surface area (Å²) >= 11 is 5.97. The third-order valence-corrected chi connectivity index (χ3v) is 5.41. The molecule has 0 aliphatic heterocycles. The molecule has 1 heterocycles. The molecule has 1 saturated carbocycles. The number of hydrogen-bond acceptors (Lipinski definition) is 2. The monoisotopic (exact) mass is 391 g/mol. The average Bonchev–Trinajstić information content (AvgIpc) is 3.35. The summed E-state index contributed by atoms with van der Waals surface area (Å²) in [6.07, 6.45) is 10.1. The molecule has 4 rings (SSSR count). The lowest BCUT2D eigenvalue weighted by Gasteiger charge is -2.11. The number of aromatic nitrogens is 2. The number of halogens is 1. The zero-order valence-electron chi connectivity index (χ0n) is 15.6. The molecule has 1 N–H and O–H groups in total. The summed E-state index contributed by atoms with van der Waals surface area (Å²) in [5, 5.41) is 9.50. The Balaban J connectivity index is 1.75. The number of rotatable bonds is 5. The molecule has 1 fully saturated rings. The SMILES string of the molecule is C=CC(=O)Nc1ccc2c(c1)c(C=Cc1ccc(Cl)cc1)nn2C1CCCC1. The molecule has 0 saturated heterocycles. The van der Waals surface area contributed by atoms with Gasteiger partial charge >= 0.3 is 0 Å². The van der Waals surface area contributed by atoms with Gasteiger partial charge in [0.25, 0.3) is 0 Å². The number of fused-ring (bicyclic) bond motifs is 1. The first-order chi connectivity index (χ1) is 13.6. The summed E-state index contributed by atoms with van der Waals surface area (Å²) in [6.45, 7) is 3.51. The zero-order chi connectivity index (χ0) is 19.5. The summed E-state index contributed by atoms with van der Waals surface area (Å²) in [5.74, 6) is -0.221. The van der Waals surface area contributed by atoms with Crippen molar-refractivity contribution in [3.05, 3.63) is 71.4 Å². The highest BCUT2D eigenvalue weighted by Gasteiger charge is 2.21. The fraction of sp³-hybridized carbons (Fsp3) is 0.217. The predicted octanol–water partition coefficient (Wildman–Crippen LogP) is 6.10. The second-order valence-corrected chi connectivity index (χ2v) is 7.51. The number of hydrogen-bond donors (Lipinski definition) is 1. The van der Waals surface area contributed by atoms with E-state index in [2.05, 4.69) is 16.6 Å². The van der Waals surface area contributed by atoms with Crippen molar-refractivity contribution in [3.8, 4) is 0 Å². The molecular weight excluding hydrogens is 370 g/mol. The predicted molar refractivity (Wildman–Crippen MR) is 116 cm³/mol. The minimum absolute atomic E-state index is 0.221. The molecule has 1 aromatic heterocycles. The Hall–Kier alpha value is -2.85. The van der Waals surface area contributed by atoms with Gasteiger partial charge in [0.2, 0.25) is 5.91 Å². The molecule has 1 amide bonds. The van der Waals surface area contributed by atoms with E-state index in [0.29, 0.717) is 6.04 Å². The lowest BCUT2D eigenvalue weighted by molar-refractivity contribution is -0.111. The molecule has 0 bridgehead atoms. The van der Waals surface area contributed by atoms with E-state index in [-0.39, 0.29) is 5.91 Å². The van der Waals surface area contributed by atoms with Crippen molar-refractivity contribution in [1.29, 1.82) is 0 Å². The summed E-state index contributed by atoms with van der Waals surface area (Å²) in [7, 11) is 0. The van der Waals surface area contributed by atoms with E-state index in [1.54, 1.807) is 0 Å². The third kappa shape index (κ3) is 3.87. The molecule has 1 aliphatic rings. The van der Waals surface area contributed by atoms with Gasteiger partial charge in [0.05, 0.1) is 17.3 Å². The van der Waals surface area contributed by atoms with Crippen LogP contribution in [-0.4, -0.2) is 15.7 Å². The van der Waals surface area contributed by atoms with Crippen molar-refractivity contribution in [3.63, 3.8) is 0 Å². The highest BCUT2D eigenvalue weighted by atomic mass is 35.5.